The molecule has 14 heavy (non-hydrogen) atoms. The lowest BCUT2D eigenvalue weighted by Gasteiger charge is -2.41. The van der Waals surface area contributed by atoms with E-state index in [1.165, 1.54) is 0 Å². The number of hydrogen-bond acceptors (Lipinski definition) is 2. The zero-order valence-corrected chi connectivity index (χ0v) is 9.38. The van der Waals surface area contributed by atoms with E-state index in [2.05, 4.69) is 11.4 Å². The van der Waals surface area contributed by atoms with Crippen LogP contribution < -0.4 is 5.32 Å². The normalized spacial score (nSPS) is 15.8. The maximum atomic E-state index is 10.7. The van der Waals surface area contributed by atoms with E-state index in [-0.39, 0.29) is 5.92 Å². The molecule has 4 heteroatoms. The minimum Gasteiger partial charge on any atom is -0.465 e. The summed E-state index contributed by atoms with van der Waals surface area (Å²) in [5, 5.41) is 20.2. The molecule has 0 spiro atoms. The molecule has 1 atom stereocenters. The van der Waals surface area contributed by atoms with Crippen molar-refractivity contribution < 1.29 is 9.90 Å². The number of amides is 1. The molecule has 0 rings (SSSR count). The number of hydrogen-bond donors (Lipinski definition) is 2. The van der Waals surface area contributed by atoms with Gasteiger partial charge in [-0.3, -0.25) is 0 Å². The second-order valence-corrected chi connectivity index (χ2v) is 4.75. The molecule has 0 saturated carbocycles. The first kappa shape index (κ1) is 12.8. The highest BCUT2D eigenvalue weighted by atomic mass is 16.4. The van der Waals surface area contributed by atoms with Gasteiger partial charge in [-0.05, 0) is 11.3 Å². The van der Waals surface area contributed by atoms with Gasteiger partial charge in [0.15, 0.2) is 0 Å². The van der Waals surface area contributed by atoms with E-state index in [1.54, 1.807) is 0 Å². The number of nitrogens with one attached hydrogen (secondary N) is 1. The molecule has 2 N–H and O–H groups in total. The van der Waals surface area contributed by atoms with Crippen molar-refractivity contribution >= 4 is 6.09 Å². The van der Waals surface area contributed by atoms with Crippen LogP contribution in [0.5, 0.6) is 0 Å². The molecule has 0 aliphatic carbocycles. The Labute approximate surface area is 84.9 Å². The molecule has 0 aliphatic heterocycles. The van der Waals surface area contributed by atoms with Crippen molar-refractivity contribution in [1.29, 1.82) is 5.26 Å². The van der Waals surface area contributed by atoms with Crippen LogP contribution in [0.2, 0.25) is 0 Å². The smallest absolute Gasteiger partial charge is 0.405 e. The Bertz CT molecular complexity index is 260. The lowest BCUT2D eigenvalue weighted by atomic mass is 9.68. The maximum absolute atomic E-state index is 10.7. The number of nitriles is 1. The molecule has 0 heterocycles. The Kier molecular flexibility index (Phi) is 3.53. The van der Waals surface area contributed by atoms with Crippen molar-refractivity contribution in [2.24, 2.45) is 11.3 Å². The standard InChI is InChI=1S/C10H18N2O2/c1-7(2)10(6-11,9(3,4)5)12-8(13)14/h7,12H,1-5H3,(H,13,14)/t10-/m0/s1. The Balaban J connectivity index is 5.24. The molecule has 0 fully saturated rings. The summed E-state index contributed by atoms with van der Waals surface area (Å²) in [6.45, 7) is 9.24. The summed E-state index contributed by atoms with van der Waals surface area (Å²) in [5.74, 6) is -0.0800. The molecular formula is C10H18N2O2. The summed E-state index contributed by atoms with van der Waals surface area (Å²) < 4.78 is 0. The van der Waals surface area contributed by atoms with Crippen molar-refractivity contribution in [1.82, 2.24) is 5.32 Å². The Morgan fingerprint density at radius 2 is 1.86 bits per heavy atom. The van der Waals surface area contributed by atoms with E-state index < -0.39 is 17.0 Å². The Hall–Kier alpha value is -1.24. The molecule has 4 nitrogen and oxygen atoms in total. The fraction of sp³-hybridized carbons (Fsp3) is 0.800. The van der Waals surface area contributed by atoms with Gasteiger partial charge < -0.3 is 10.4 Å². The van der Waals surface area contributed by atoms with Crippen LogP contribution in [0, 0.1) is 22.7 Å². The zero-order chi connectivity index (χ0) is 11.6. The van der Waals surface area contributed by atoms with Crippen molar-refractivity contribution in [2.45, 2.75) is 40.2 Å². The first-order valence-electron chi connectivity index (χ1n) is 4.59. The molecule has 0 unspecified atom stereocenters. The fourth-order valence-corrected chi connectivity index (χ4v) is 1.69. The van der Waals surface area contributed by atoms with Gasteiger partial charge in [0.05, 0.1) is 6.07 Å². The van der Waals surface area contributed by atoms with E-state index in [0.717, 1.165) is 0 Å². The summed E-state index contributed by atoms with van der Waals surface area (Å²) in [6, 6.07) is 2.09. The third-order valence-corrected chi connectivity index (χ3v) is 2.53. The zero-order valence-electron chi connectivity index (χ0n) is 9.38. The fourth-order valence-electron chi connectivity index (χ4n) is 1.69. The molecular weight excluding hydrogens is 180 g/mol. The molecule has 1 amide bonds. The number of carbonyl (C=O) groups is 1. The Morgan fingerprint density at radius 3 is 1.93 bits per heavy atom. The van der Waals surface area contributed by atoms with Crippen LogP contribution in [0.15, 0.2) is 0 Å². The van der Waals surface area contributed by atoms with Gasteiger partial charge in [0.1, 0.15) is 5.54 Å². The average Bonchev–Trinajstić information content (AvgIpc) is 1.96. The van der Waals surface area contributed by atoms with Gasteiger partial charge in [-0.2, -0.15) is 5.26 Å². The number of carboxylic acid groups (broad SMARTS) is 1. The Morgan fingerprint density at radius 1 is 1.43 bits per heavy atom. The summed E-state index contributed by atoms with van der Waals surface area (Å²) in [7, 11) is 0. The summed E-state index contributed by atoms with van der Waals surface area (Å²) in [4.78, 5) is 10.7. The van der Waals surface area contributed by atoms with Gasteiger partial charge in [-0.1, -0.05) is 34.6 Å². The van der Waals surface area contributed by atoms with E-state index >= 15 is 0 Å². The van der Waals surface area contributed by atoms with Gasteiger partial charge in [0.2, 0.25) is 0 Å². The summed E-state index contributed by atoms with van der Waals surface area (Å²) in [6.07, 6.45) is -1.16. The molecule has 80 valence electrons. The molecule has 0 aromatic rings. The molecule has 0 saturated heterocycles. The van der Waals surface area contributed by atoms with Crippen molar-refractivity contribution in [2.75, 3.05) is 0 Å². The van der Waals surface area contributed by atoms with Crippen molar-refractivity contribution in [3.05, 3.63) is 0 Å². The second-order valence-electron chi connectivity index (χ2n) is 4.75. The molecule has 0 aliphatic rings. The van der Waals surface area contributed by atoms with Crippen LogP contribution in [-0.2, 0) is 0 Å². The summed E-state index contributed by atoms with van der Waals surface area (Å²) >= 11 is 0. The van der Waals surface area contributed by atoms with E-state index in [9.17, 15) is 4.79 Å². The molecule has 0 aromatic carbocycles. The maximum Gasteiger partial charge on any atom is 0.405 e. The van der Waals surface area contributed by atoms with Crippen LogP contribution in [0.4, 0.5) is 4.79 Å². The molecule has 0 radical (unpaired) electrons. The predicted octanol–water partition coefficient (Wildman–Crippen LogP) is 2.22. The predicted molar refractivity (Wildman–Crippen MR) is 53.8 cm³/mol. The quantitative estimate of drug-likeness (QED) is 0.714. The molecule has 0 aromatic heterocycles. The topological polar surface area (TPSA) is 73.1 Å². The monoisotopic (exact) mass is 198 g/mol. The van der Waals surface area contributed by atoms with Crippen LogP contribution in [0.1, 0.15) is 34.6 Å². The van der Waals surface area contributed by atoms with Gasteiger partial charge in [-0.25, -0.2) is 4.79 Å². The first-order valence-corrected chi connectivity index (χ1v) is 4.59. The molecule has 0 bridgehead atoms. The lowest BCUT2D eigenvalue weighted by molar-refractivity contribution is 0.122. The summed E-state index contributed by atoms with van der Waals surface area (Å²) in [5.41, 5.74) is -1.48. The van der Waals surface area contributed by atoms with Gasteiger partial charge in [-0.15, -0.1) is 0 Å². The van der Waals surface area contributed by atoms with Crippen LogP contribution in [0.3, 0.4) is 0 Å². The third kappa shape index (κ3) is 2.16. The highest BCUT2D eigenvalue weighted by Crippen LogP contribution is 2.35. The van der Waals surface area contributed by atoms with Crippen LogP contribution in [-0.4, -0.2) is 16.7 Å². The van der Waals surface area contributed by atoms with Gasteiger partial charge in [0.25, 0.3) is 0 Å². The third-order valence-electron chi connectivity index (χ3n) is 2.53. The average molecular weight is 198 g/mol. The van der Waals surface area contributed by atoms with E-state index in [4.69, 9.17) is 10.4 Å². The van der Waals surface area contributed by atoms with Crippen molar-refractivity contribution in [3.63, 3.8) is 0 Å². The van der Waals surface area contributed by atoms with E-state index in [0.29, 0.717) is 0 Å². The SMILES string of the molecule is CC(C)[C@](C#N)(NC(=O)O)C(C)(C)C. The van der Waals surface area contributed by atoms with Crippen molar-refractivity contribution in [3.8, 4) is 6.07 Å². The van der Waals surface area contributed by atoms with Gasteiger partial charge >= 0.3 is 6.09 Å². The second kappa shape index (κ2) is 3.87. The number of rotatable bonds is 2. The largest absolute Gasteiger partial charge is 0.465 e. The highest BCUT2D eigenvalue weighted by molar-refractivity contribution is 5.66. The van der Waals surface area contributed by atoms with Gasteiger partial charge in [0, 0.05) is 0 Å². The first-order chi connectivity index (χ1) is 6.17. The number of nitrogens with zero attached hydrogens (tertiary/aromatic N) is 1. The van der Waals surface area contributed by atoms with Crippen LogP contribution >= 0.6 is 0 Å². The van der Waals surface area contributed by atoms with Crippen LogP contribution in [0.25, 0.3) is 0 Å². The minimum atomic E-state index is -1.16. The van der Waals surface area contributed by atoms with E-state index in [1.807, 2.05) is 34.6 Å². The lowest BCUT2D eigenvalue weighted by Crippen LogP contribution is -2.59. The minimum absolute atomic E-state index is 0.0800. The highest BCUT2D eigenvalue weighted by Gasteiger charge is 2.46.